The number of benzene rings is 2. The third-order valence-electron chi connectivity index (χ3n) is 4.88. The predicted molar refractivity (Wildman–Crippen MR) is 108 cm³/mol. The van der Waals surface area contributed by atoms with Crippen LogP contribution in [0.3, 0.4) is 0 Å². The maximum Gasteiger partial charge on any atom is 0.221 e. The first kappa shape index (κ1) is 18.7. The minimum absolute atomic E-state index is 0.0448. The average molecular weight is 372 g/mol. The Morgan fingerprint density at radius 2 is 1.81 bits per heavy atom. The zero-order valence-electron chi connectivity index (χ0n) is 15.2. The standard InChI is InChI=1S/C21H26ClN3O/c1-17(18-6-3-2-4-7-18)23-21(26)10-11-24-12-14-25(15-13-24)20-9-5-8-19(22)16-20/h2-9,16-17H,10-15H2,1H3,(H,23,26)/t17-/m1/s1. The summed E-state index contributed by atoms with van der Waals surface area (Å²) in [6.07, 6.45) is 0.536. The first-order valence-electron chi connectivity index (χ1n) is 9.19. The number of rotatable bonds is 6. The monoisotopic (exact) mass is 371 g/mol. The Hall–Kier alpha value is -2.04. The molecule has 2 aromatic rings. The summed E-state index contributed by atoms with van der Waals surface area (Å²) in [6.45, 7) is 6.68. The van der Waals surface area contributed by atoms with E-state index >= 15 is 0 Å². The lowest BCUT2D eigenvalue weighted by atomic mass is 10.1. The summed E-state index contributed by atoms with van der Waals surface area (Å²) in [6, 6.07) is 18.1. The van der Waals surface area contributed by atoms with E-state index in [1.54, 1.807) is 0 Å². The molecule has 1 N–H and O–H groups in total. The lowest BCUT2D eigenvalue weighted by molar-refractivity contribution is -0.122. The molecule has 0 aliphatic carbocycles. The fraction of sp³-hybridized carbons (Fsp3) is 0.381. The van der Waals surface area contributed by atoms with Crippen LogP contribution in [-0.2, 0) is 4.79 Å². The maximum atomic E-state index is 12.2. The largest absolute Gasteiger partial charge is 0.369 e. The highest BCUT2D eigenvalue weighted by Crippen LogP contribution is 2.20. The third-order valence-corrected chi connectivity index (χ3v) is 5.11. The summed E-state index contributed by atoms with van der Waals surface area (Å²) < 4.78 is 0. The maximum absolute atomic E-state index is 12.2. The molecule has 3 rings (SSSR count). The van der Waals surface area contributed by atoms with Crippen LogP contribution in [0.25, 0.3) is 0 Å². The van der Waals surface area contributed by atoms with Gasteiger partial charge >= 0.3 is 0 Å². The molecule has 4 nitrogen and oxygen atoms in total. The molecule has 1 fully saturated rings. The quantitative estimate of drug-likeness (QED) is 0.840. The van der Waals surface area contributed by atoms with Gasteiger partial charge in [0.2, 0.25) is 5.91 Å². The van der Waals surface area contributed by atoms with Crippen LogP contribution in [0.5, 0.6) is 0 Å². The van der Waals surface area contributed by atoms with Gasteiger partial charge in [0, 0.05) is 49.9 Å². The van der Waals surface area contributed by atoms with Gasteiger partial charge in [0.15, 0.2) is 0 Å². The summed E-state index contributed by atoms with van der Waals surface area (Å²) >= 11 is 6.08. The Labute approximate surface area is 160 Å². The summed E-state index contributed by atoms with van der Waals surface area (Å²) in [4.78, 5) is 16.9. The van der Waals surface area contributed by atoms with E-state index in [1.165, 1.54) is 5.69 Å². The van der Waals surface area contributed by atoms with Crippen LogP contribution in [-0.4, -0.2) is 43.5 Å². The SMILES string of the molecule is C[C@@H](NC(=O)CCN1CCN(c2cccc(Cl)c2)CC1)c1ccccc1. The smallest absolute Gasteiger partial charge is 0.221 e. The molecule has 0 spiro atoms. The molecule has 1 amide bonds. The molecular weight excluding hydrogens is 346 g/mol. The Morgan fingerprint density at radius 1 is 1.08 bits per heavy atom. The van der Waals surface area contributed by atoms with Gasteiger partial charge in [-0.05, 0) is 30.7 Å². The molecule has 1 saturated heterocycles. The fourth-order valence-electron chi connectivity index (χ4n) is 3.30. The van der Waals surface area contributed by atoms with Gasteiger partial charge in [0.25, 0.3) is 0 Å². The number of carbonyl (C=O) groups excluding carboxylic acids is 1. The molecule has 0 unspecified atom stereocenters. The van der Waals surface area contributed by atoms with Crippen LogP contribution in [0, 0.1) is 0 Å². The van der Waals surface area contributed by atoms with E-state index in [0.29, 0.717) is 6.42 Å². The minimum atomic E-state index is 0.0448. The van der Waals surface area contributed by atoms with Crippen molar-refractivity contribution in [1.29, 1.82) is 0 Å². The molecule has 2 aromatic carbocycles. The lowest BCUT2D eigenvalue weighted by Crippen LogP contribution is -2.47. The second-order valence-corrected chi connectivity index (χ2v) is 7.19. The van der Waals surface area contributed by atoms with Crippen LogP contribution in [0.1, 0.15) is 24.9 Å². The topological polar surface area (TPSA) is 35.6 Å². The highest BCUT2D eigenvalue weighted by molar-refractivity contribution is 6.30. The summed E-state index contributed by atoms with van der Waals surface area (Å²) in [5.41, 5.74) is 2.31. The van der Waals surface area contributed by atoms with Crippen molar-refractivity contribution in [3.05, 3.63) is 65.2 Å². The number of carbonyl (C=O) groups is 1. The second kappa shape index (κ2) is 9.06. The molecule has 0 saturated carbocycles. The molecule has 1 atom stereocenters. The minimum Gasteiger partial charge on any atom is -0.369 e. The Morgan fingerprint density at radius 3 is 2.50 bits per heavy atom. The first-order chi connectivity index (χ1) is 12.6. The molecule has 1 heterocycles. The van der Waals surface area contributed by atoms with Gasteiger partial charge in [-0.25, -0.2) is 0 Å². The normalized spacial score (nSPS) is 16.3. The van der Waals surface area contributed by atoms with Crippen molar-refractivity contribution < 1.29 is 4.79 Å². The Kier molecular flexibility index (Phi) is 6.53. The van der Waals surface area contributed by atoms with Crippen molar-refractivity contribution >= 4 is 23.2 Å². The van der Waals surface area contributed by atoms with Crippen molar-refractivity contribution in [2.24, 2.45) is 0 Å². The van der Waals surface area contributed by atoms with Crippen molar-refractivity contribution in [1.82, 2.24) is 10.2 Å². The van der Waals surface area contributed by atoms with Crippen LogP contribution >= 0.6 is 11.6 Å². The lowest BCUT2D eigenvalue weighted by Gasteiger charge is -2.36. The summed E-state index contributed by atoms with van der Waals surface area (Å²) in [5, 5.41) is 3.86. The van der Waals surface area contributed by atoms with Gasteiger partial charge in [-0.3, -0.25) is 9.69 Å². The molecule has 138 valence electrons. The average Bonchev–Trinajstić information content (AvgIpc) is 2.67. The van der Waals surface area contributed by atoms with Crippen molar-refractivity contribution in [3.63, 3.8) is 0 Å². The number of halogens is 1. The number of nitrogens with one attached hydrogen (secondary N) is 1. The number of amides is 1. The highest BCUT2D eigenvalue weighted by Gasteiger charge is 2.18. The van der Waals surface area contributed by atoms with E-state index in [-0.39, 0.29) is 11.9 Å². The molecular formula is C21H26ClN3O. The number of hydrogen-bond donors (Lipinski definition) is 1. The molecule has 0 aromatic heterocycles. The van der Waals surface area contributed by atoms with E-state index < -0.39 is 0 Å². The van der Waals surface area contributed by atoms with Gasteiger partial charge in [-0.15, -0.1) is 0 Å². The molecule has 0 bridgehead atoms. The van der Waals surface area contributed by atoms with Gasteiger partial charge in [0.1, 0.15) is 0 Å². The van der Waals surface area contributed by atoms with Crippen LogP contribution < -0.4 is 10.2 Å². The van der Waals surface area contributed by atoms with Gasteiger partial charge < -0.3 is 10.2 Å². The van der Waals surface area contributed by atoms with Crippen molar-refractivity contribution in [2.75, 3.05) is 37.6 Å². The van der Waals surface area contributed by atoms with E-state index in [1.807, 2.05) is 55.5 Å². The Bertz CT molecular complexity index is 714. The molecule has 1 aliphatic heterocycles. The van der Waals surface area contributed by atoms with E-state index in [0.717, 1.165) is 43.3 Å². The van der Waals surface area contributed by atoms with E-state index in [4.69, 9.17) is 11.6 Å². The fourth-order valence-corrected chi connectivity index (χ4v) is 3.49. The zero-order chi connectivity index (χ0) is 18.4. The van der Waals surface area contributed by atoms with Crippen LogP contribution in [0.2, 0.25) is 5.02 Å². The van der Waals surface area contributed by atoms with Crippen LogP contribution in [0.4, 0.5) is 5.69 Å². The van der Waals surface area contributed by atoms with E-state index in [2.05, 4.69) is 21.2 Å². The van der Waals surface area contributed by atoms with Crippen molar-refractivity contribution in [3.8, 4) is 0 Å². The number of hydrogen-bond acceptors (Lipinski definition) is 3. The number of piperazine rings is 1. The second-order valence-electron chi connectivity index (χ2n) is 6.76. The number of nitrogens with zero attached hydrogens (tertiary/aromatic N) is 2. The highest BCUT2D eigenvalue weighted by atomic mass is 35.5. The van der Waals surface area contributed by atoms with E-state index in [9.17, 15) is 4.79 Å². The molecule has 26 heavy (non-hydrogen) atoms. The van der Waals surface area contributed by atoms with Gasteiger partial charge in [-0.1, -0.05) is 48.0 Å². The molecule has 5 heteroatoms. The predicted octanol–water partition coefficient (Wildman–Crippen LogP) is 3.73. The van der Waals surface area contributed by atoms with Gasteiger partial charge in [-0.2, -0.15) is 0 Å². The van der Waals surface area contributed by atoms with Gasteiger partial charge in [0.05, 0.1) is 6.04 Å². The summed E-state index contributed by atoms with van der Waals surface area (Å²) in [7, 11) is 0. The first-order valence-corrected chi connectivity index (χ1v) is 9.57. The number of anilines is 1. The molecule has 1 aliphatic rings. The third kappa shape index (κ3) is 5.23. The zero-order valence-corrected chi connectivity index (χ0v) is 16.0. The molecule has 0 radical (unpaired) electrons. The van der Waals surface area contributed by atoms with Crippen LogP contribution in [0.15, 0.2) is 54.6 Å². The summed E-state index contributed by atoms with van der Waals surface area (Å²) in [5.74, 6) is 0.110. The Balaban J connectivity index is 1.40. The van der Waals surface area contributed by atoms with Crippen molar-refractivity contribution in [2.45, 2.75) is 19.4 Å².